The summed E-state index contributed by atoms with van der Waals surface area (Å²) in [4.78, 5) is 17.5. The minimum Gasteiger partial charge on any atom is -0.504 e. The van der Waals surface area contributed by atoms with E-state index in [4.69, 9.17) is 15.9 Å². The minimum atomic E-state index is -0.470. The molecule has 6 rings (SSSR count). The molecular formula is C37H42F2N4O3. The number of aromatic hydroxyl groups is 2. The van der Waals surface area contributed by atoms with E-state index < -0.39 is 5.54 Å². The summed E-state index contributed by atoms with van der Waals surface area (Å²) in [5.41, 5.74) is 8.93. The summed E-state index contributed by atoms with van der Waals surface area (Å²) < 4.78 is 27.0. The molecule has 46 heavy (non-hydrogen) atoms. The maximum atomic E-state index is 13.5. The Morgan fingerprint density at radius 3 is 2.00 bits per heavy atom. The molecule has 0 atom stereocenters. The monoisotopic (exact) mass is 628 g/mol. The van der Waals surface area contributed by atoms with Crippen molar-refractivity contribution in [3.63, 3.8) is 0 Å². The van der Waals surface area contributed by atoms with Crippen molar-refractivity contribution in [1.82, 2.24) is 10.2 Å². The van der Waals surface area contributed by atoms with Crippen LogP contribution in [0.3, 0.4) is 0 Å². The number of carbonyl (C=O) groups excluding carboxylic acids is 1. The molecule has 4 aromatic rings. The normalized spacial score (nSPS) is 15.9. The summed E-state index contributed by atoms with van der Waals surface area (Å²) in [5, 5.41) is 21.0. The van der Waals surface area contributed by atoms with E-state index in [1.165, 1.54) is 36.4 Å². The number of hydrogen-bond acceptors (Lipinski definition) is 6. The van der Waals surface area contributed by atoms with Gasteiger partial charge in [-0.1, -0.05) is 48.5 Å². The van der Waals surface area contributed by atoms with Crippen LogP contribution in [0.5, 0.6) is 11.5 Å². The van der Waals surface area contributed by atoms with Gasteiger partial charge in [-0.15, -0.1) is 0 Å². The molecule has 5 N–H and O–H groups in total. The molecule has 2 heterocycles. The van der Waals surface area contributed by atoms with Gasteiger partial charge in [-0.05, 0) is 110 Å². The van der Waals surface area contributed by atoms with E-state index in [0.717, 1.165) is 67.7 Å². The van der Waals surface area contributed by atoms with Gasteiger partial charge in [0.15, 0.2) is 11.5 Å². The van der Waals surface area contributed by atoms with Crippen LogP contribution in [-0.4, -0.2) is 59.4 Å². The first kappa shape index (κ1) is 32.9. The zero-order chi connectivity index (χ0) is 32.5. The van der Waals surface area contributed by atoms with E-state index in [1.807, 2.05) is 42.5 Å². The number of hydrogen-bond donors (Lipinski definition) is 4. The molecular weight excluding hydrogens is 586 g/mol. The molecule has 4 aromatic carbocycles. The van der Waals surface area contributed by atoms with Crippen LogP contribution < -0.4 is 16.0 Å². The Labute approximate surface area is 269 Å². The molecule has 1 amide bonds. The van der Waals surface area contributed by atoms with E-state index in [2.05, 4.69) is 27.2 Å². The number of nitrogens with zero attached hydrogens (tertiary/aromatic N) is 2. The highest BCUT2D eigenvalue weighted by molar-refractivity contribution is 5.93. The first-order valence-corrected chi connectivity index (χ1v) is 15.8. The second-order valence-electron chi connectivity index (χ2n) is 12.0. The molecule has 2 aliphatic rings. The van der Waals surface area contributed by atoms with Gasteiger partial charge in [0.2, 0.25) is 5.91 Å². The Kier molecular flexibility index (Phi) is 10.9. The predicted molar refractivity (Wildman–Crippen MR) is 177 cm³/mol. The highest BCUT2D eigenvalue weighted by atomic mass is 19.1. The number of anilines is 1. The summed E-state index contributed by atoms with van der Waals surface area (Å²) >= 11 is 0. The highest BCUT2D eigenvalue weighted by Crippen LogP contribution is 2.37. The largest absolute Gasteiger partial charge is 0.504 e. The maximum Gasteiger partial charge on any atom is 0.247 e. The number of rotatable bonds is 9. The smallest absolute Gasteiger partial charge is 0.247 e. The number of benzene rings is 4. The van der Waals surface area contributed by atoms with Crippen LogP contribution in [0.2, 0.25) is 0 Å². The predicted octanol–water partition coefficient (Wildman–Crippen LogP) is 5.90. The number of nitrogens with one attached hydrogen (secondary N) is 1. The van der Waals surface area contributed by atoms with Crippen molar-refractivity contribution in [1.29, 1.82) is 0 Å². The Morgan fingerprint density at radius 1 is 0.826 bits per heavy atom. The van der Waals surface area contributed by atoms with Crippen molar-refractivity contribution in [2.24, 2.45) is 5.73 Å². The van der Waals surface area contributed by atoms with Crippen molar-refractivity contribution < 1.29 is 23.8 Å². The van der Waals surface area contributed by atoms with Crippen LogP contribution in [0.1, 0.15) is 48.3 Å². The molecule has 0 aliphatic carbocycles. The second kappa shape index (κ2) is 15.2. The Bertz CT molecular complexity index is 1510. The lowest BCUT2D eigenvalue weighted by Gasteiger charge is -2.43. The number of carbonyl (C=O) groups is 1. The lowest BCUT2D eigenvalue weighted by atomic mass is 9.85. The summed E-state index contributed by atoms with van der Waals surface area (Å²) in [6.45, 7) is 3.77. The number of nitrogens with two attached hydrogens (primary N) is 1. The van der Waals surface area contributed by atoms with Gasteiger partial charge in [0.1, 0.15) is 17.2 Å². The Morgan fingerprint density at radius 2 is 1.43 bits per heavy atom. The summed E-state index contributed by atoms with van der Waals surface area (Å²) in [5.74, 6) is -0.472. The Hall–Kier alpha value is -4.47. The van der Waals surface area contributed by atoms with Crippen LogP contribution >= 0.6 is 0 Å². The van der Waals surface area contributed by atoms with Crippen molar-refractivity contribution in [3.8, 4) is 11.5 Å². The fourth-order valence-corrected chi connectivity index (χ4v) is 6.51. The molecule has 9 heteroatoms. The van der Waals surface area contributed by atoms with Crippen LogP contribution in [0, 0.1) is 11.6 Å². The maximum absolute atomic E-state index is 13.5. The van der Waals surface area contributed by atoms with Crippen molar-refractivity contribution in [2.45, 2.75) is 43.6 Å². The molecule has 2 fully saturated rings. The SMILES string of the molecule is NCCc1ccc(O)c(O)c1.O=C1NCN(c2ccccc2)C12CCN(CCCC(c1ccc(F)cc1)c1ccc(F)cc1)CC2. The standard InChI is InChI=1S/C29H31F2N3O.C8H11NO2/c30-24-12-8-22(9-13-24)27(23-10-14-25(31)15-11-23)7-4-18-33-19-16-29(17-20-33)28(35)32-21-34(29)26-5-2-1-3-6-26;9-4-3-6-1-2-7(10)8(11)5-6/h1-3,5-6,8-15,27H,4,7,16-21H2,(H,32,35);1-2,5,10-11H,3-4,9H2. The zero-order valence-corrected chi connectivity index (χ0v) is 25.9. The van der Waals surface area contributed by atoms with Crippen molar-refractivity contribution in [3.05, 3.63) is 125 Å². The molecule has 1 spiro atoms. The lowest BCUT2D eigenvalue weighted by Crippen LogP contribution is -2.56. The third-order valence-corrected chi connectivity index (χ3v) is 9.07. The summed E-state index contributed by atoms with van der Waals surface area (Å²) in [6, 6.07) is 28.1. The fraction of sp³-hybridized carbons (Fsp3) is 0.324. The van der Waals surface area contributed by atoms with E-state index in [-0.39, 0.29) is 35.0 Å². The first-order chi connectivity index (χ1) is 22.3. The van der Waals surface area contributed by atoms with Gasteiger partial charge in [-0.25, -0.2) is 8.78 Å². The molecule has 0 saturated carbocycles. The molecule has 0 unspecified atom stereocenters. The number of para-hydroxylation sites is 1. The number of likely N-dealkylation sites (tertiary alicyclic amines) is 1. The van der Waals surface area contributed by atoms with E-state index >= 15 is 0 Å². The van der Waals surface area contributed by atoms with Crippen LogP contribution in [0.15, 0.2) is 97.1 Å². The average molecular weight is 629 g/mol. The fourth-order valence-electron chi connectivity index (χ4n) is 6.51. The van der Waals surface area contributed by atoms with Gasteiger partial charge in [0.25, 0.3) is 0 Å². The van der Waals surface area contributed by atoms with E-state index in [0.29, 0.717) is 19.6 Å². The lowest BCUT2D eigenvalue weighted by molar-refractivity contribution is -0.125. The number of piperidine rings is 1. The topological polar surface area (TPSA) is 102 Å². The first-order valence-electron chi connectivity index (χ1n) is 15.8. The number of amides is 1. The van der Waals surface area contributed by atoms with Gasteiger partial charge >= 0.3 is 0 Å². The molecule has 0 bridgehead atoms. The van der Waals surface area contributed by atoms with Gasteiger partial charge in [-0.3, -0.25) is 4.79 Å². The third kappa shape index (κ3) is 7.84. The summed E-state index contributed by atoms with van der Waals surface area (Å²) in [6.07, 6.45) is 4.16. The van der Waals surface area contributed by atoms with Crippen LogP contribution in [0.4, 0.5) is 14.5 Å². The van der Waals surface area contributed by atoms with E-state index in [9.17, 15) is 13.6 Å². The summed E-state index contributed by atoms with van der Waals surface area (Å²) in [7, 11) is 0. The molecule has 0 radical (unpaired) electrons. The van der Waals surface area contributed by atoms with Gasteiger partial charge in [-0.2, -0.15) is 0 Å². The average Bonchev–Trinajstić information content (AvgIpc) is 3.38. The van der Waals surface area contributed by atoms with Gasteiger partial charge < -0.3 is 31.1 Å². The number of phenolic OH excluding ortho intramolecular Hbond substituents is 2. The molecule has 7 nitrogen and oxygen atoms in total. The zero-order valence-electron chi connectivity index (χ0n) is 25.9. The molecule has 242 valence electrons. The number of halogens is 2. The van der Waals surface area contributed by atoms with Gasteiger partial charge in [0, 0.05) is 24.7 Å². The second-order valence-corrected chi connectivity index (χ2v) is 12.0. The highest BCUT2D eigenvalue weighted by Gasteiger charge is 2.50. The number of phenols is 2. The van der Waals surface area contributed by atoms with Crippen LogP contribution in [-0.2, 0) is 11.2 Å². The molecule has 2 aliphatic heterocycles. The van der Waals surface area contributed by atoms with E-state index in [1.54, 1.807) is 6.07 Å². The van der Waals surface area contributed by atoms with Crippen LogP contribution in [0.25, 0.3) is 0 Å². The van der Waals surface area contributed by atoms with Gasteiger partial charge in [0.05, 0.1) is 6.67 Å². The molecule has 2 saturated heterocycles. The third-order valence-electron chi connectivity index (χ3n) is 9.07. The quantitative estimate of drug-likeness (QED) is 0.172. The molecule has 0 aromatic heterocycles. The Balaban J connectivity index is 0.000000322. The van der Waals surface area contributed by atoms with Crippen molar-refractivity contribution in [2.75, 3.05) is 37.7 Å². The van der Waals surface area contributed by atoms with Crippen molar-refractivity contribution >= 4 is 11.6 Å². The minimum absolute atomic E-state index is 0.0847.